The number of hydrogen-bond acceptors (Lipinski definition) is 3. The second-order valence-electron chi connectivity index (χ2n) is 8.73. The summed E-state index contributed by atoms with van der Waals surface area (Å²) in [7, 11) is 1.30. The second-order valence-corrected chi connectivity index (χ2v) is 9.60. The lowest BCUT2D eigenvalue weighted by Crippen LogP contribution is -2.24. The van der Waals surface area contributed by atoms with Crippen molar-refractivity contribution in [2.75, 3.05) is 12.0 Å². The third kappa shape index (κ3) is 4.42. The van der Waals surface area contributed by atoms with E-state index in [4.69, 9.17) is 27.9 Å². The van der Waals surface area contributed by atoms with Crippen LogP contribution in [0, 0.1) is 27.7 Å². The minimum atomic E-state index is -0.582. The molecule has 0 atom stereocenters. The summed E-state index contributed by atoms with van der Waals surface area (Å²) in [5, 5.41) is 0.782. The minimum absolute atomic E-state index is 0.213. The van der Waals surface area contributed by atoms with Crippen LogP contribution in [0.4, 0.5) is 5.69 Å². The number of aromatic nitrogens is 1. The van der Waals surface area contributed by atoms with E-state index in [0.717, 1.165) is 33.8 Å². The Morgan fingerprint density at radius 2 is 1.60 bits per heavy atom. The monoisotopic (exact) mass is 508 g/mol. The van der Waals surface area contributed by atoms with Crippen LogP contribution in [0.1, 0.15) is 35.0 Å². The predicted molar refractivity (Wildman–Crippen MR) is 141 cm³/mol. The van der Waals surface area contributed by atoms with E-state index in [2.05, 4.69) is 36.6 Å². The normalized spacial score (nSPS) is 14.9. The zero-order chi connectivity index (χ0) is 25.6. The van der Waals surface area contributed by atoms with Gasteiger partial charge in [-0.2, -0.15) is 0 Å². The fourth-order valence-corrected chi connectivity index (χ4v) is 5.09. The quantitative estimate of drug-likeness (QED) is 0.284. The topological polar surface area (TPSA) is 51.5 Å². The summed E-state index contributed by atoms with van der Waals surface area (Å²) in [4.78, 5) is 27.9. The highest BCUT2D eigenvalue weighted by atomic mass is 35.5. The van der Waals surface area contributed by atoms with E-state index in [0.29, 0.717) is 21.4 Å². The highest BCUT2D eigenvalue weighted by molar-refractivity contribution is 6.35. The van der Waals surface area contributed by atoms with Gasteiger partial charge in [-0.25, -0.2) is 4.79 Å². The molecule has 35 heavy (non-hydrogen) atoms. The number of nitrogens with zero attached hydrogens (tertiary/aromatic N) is 2. The molecule has 0 saturated carbocycles. The number of anilines is 1. The van der Waals surface area contributed by atoms with Gasteiger partial charge in [0.1, 0.15) is 0 Å². The van der Waals surface area contributed by atoms with E-state index >= 15 is 0 Å². The number of benzene rings is 2. The SMILES string of the molecule is COC(=O)C1=C(C)N(c2cc(Cl)cc(Cl)c2)C(=O)/C1=C\c1cc(C)n(-c2cc(C)ccc2C)c1C. The van der Waals surface area contributed by atoms with Gasteiger partial charge in [0.2, 0.25) is 0 Å². The van der Waals surface area contributed by atoms with Crippen molar-refractivity contribution in [3.63, 3.8) is 0 Å². The first-order chi connectivity index (χ1) is 16.5. The number of allylic oxidation sites excluding steroid dienone is 1. The molecule has 0 radical (unpaired) electrons. The summed E-state index contributed by atoms with van der Waals surface area (Å²) in [5.41, 5.74) is 7.61. The average molecular weight is 509 g/mol. The Kier molecular flexibility index (Phi) is 6.67. The Hall–Kier alpha value is -3.28. The molecule has 1 aliphatic rings. The Morgan fingerprint density at radius 1 is 0.943 bits per heavy atom. The molecule has 2 heterocycles. The van der Waals surface area contributed by atoms with Crippen LogP contribution in [-0.4, -0.2) is 23.6 Å². The number of aryl methyl sites for hydroxylation is 3. The molecular formula is C28H26Cl2N2O3. The summed E-state index contributed by atoms with van der Waals surface area (Å²) in [5.74, 6) is -0.932. The number of amides is 1. The number of hydrogen-bond donors (Lipinski definition) is 0. The standard InChI is InChI=1S/C28H26Cl2N2O3/c1-15-7-8-16(2)25(9-15)31-17(3)10-20(18(31)4)11-24-26(28(34)35-6)19(5)32(27(24)33)23-13-21(29)12-22(30)14-23/h7-14H,1-6H3/b24-11-. The van der Waals surface area contributed by atoms with Crippen molar-refractivity contribution in [2.45, 2.75) is 34.6 Å². The van der Waals surface area contributed by atoms with Crippen molar-refractivity contribution in [2.24, 2.45) is 0 Å². The predicted octanol–water partition coefficient (Wildman–Crippen LogP) is 6.89. The first-order valence-electron chi connectivity index (χ1n) is 11.1. The van der Waals surface area contributed by atoms with Gasteiger partial charge in [0.15, 0.2) is 0 Å². The molecule has 7 heteroatoms. The molecule has 180 valence electrons. The van der Waals surface area contributed by atoms with E-state index < -0.39 is 5.97 Å². The Bertz CT molecular complexity index is 1430. The number of ether oxygens (including phenoxy) is 1. The molecule has 1 aromatic heterocycles. The van der Waals surface area contributed by atoms with Crippen LogP contribution in [0.15, 0.2) is 59.3 Å². The third-order valence-electron chi connectivity index (χ3n) is 6.27. The largest absolute Gasteiger partial charge is 0.465 e. The zero-order valence-electron chi connectivity index (χ0n) is 20.5. The maximum atomic E-state index is 13.7. The Morgan fingerprint density at radius 3 is 2.23 bits per heavy atom. The van der Waals surface area contributed by atoms with Crippen LogP contribution in [0.2, 0.25) is 10.0 Å². The van der Waals surface area contributed by atoms with E-state index in [1.165, 1.54) is 12.0 Å². The number of halogens is 2. The second kappa shape index (κ2) is 9.40. The van der Waals surface area contributed by atoms with Crippen molar-refractivity contribution in [3.8, 4) is 5.69 Å². The lowest BCUT2D eigenvalue weighted by molar-refractivity contribution is -0.136. The van der Waals surface area contributed by atoms with Gasteiger partial charge in [0.05, 0.1) is 23.9 Å². The molecule has 0 fully saturated rings. The number of esters is 1. The van der Waals surface area contributed by atoms with Gasteiger partial charge in [-0.15, -0.1) is 0 Å². The highest BCUT2D eigenvalue weighted by Crippen LogP contribution is 2.38. The molecule has 0 unspecified atom stereocenters. The molecule has 1 amide bonds. The van der Waals surface area contributed by atoms with Crippen LogP contribution >= 0.6 is 23.2 Å². The molecule has 0 N–H and O–H groups in total. The molecule has 1 aliphatic heterocycles. The number of carbonyl (C=O) groups is 2. The van der Waals surface area contributed by atoms with Gasteiger partial charge in [0, 0.05) is 32.8 Å². The summed E-state index contributed by atoms with van der Waals surface area (Å²) < 4.78 is 7.20. The fraction of sp³-hybridized carbons (Fsp3) is 0.214. The average Bonchev–Trinajstić information content (AvgIpc) is 3.20. The van der Waals surface area contributed by atoms with Crippen LogP contribution in [0.25, 0.3) is 11.8 Å². The lowest BCUT2D eigenvalue weighted by Gasteiger charge is -2.18. The van der Waals surface area contributed by atoms with E-state index in [9.17, 15) is 9.59 Å². The van der Waals surface area contributed by atoms with Crippen LogP contribution in [-0.2, 0) is 14.3 Å². The van der Waals surface area contributed by atoms with Gasteiger partial charge in [-0.1, -0.05) is 35.3 Å². The highest BCUT2D eigenvalue weighted by Gasteiger charge is 2.38. The fourth-order valence-electron chi connectivity index (χ4n) is 4.58. The van der Waals surface area contributed by atoms with Crippen LogP contribution in [0.5, 0.6) is 0 Å². The summed E-state index contributed by atoms with van der Waals surface area (Å²) >= 11 is 12.4. The molecule has 4 rings (SSSR count). The van der Waals surface area contributed by atoms with Crippen LogP contribution in [0.3, 0.4) is 0 Å². The van der Waals surface area contributed by atoms with Gasteiger partial charge in [-0.05, 0) is 87.7 Å². The van der Waals surface area contributed by atoms with Gasteiger partial charge < -0.3 is 9.30 Å². The van der Waals surface area contributed by atoms with Crippen LogP contribution < -0.4 is 4.90 Å². The molecule has 0 spiro atoms. The third-order valence-corrected chi connectivity index (χ3v) is 6.71. The van der Waals surface area contributed by atoms with Gasteiger partial charge in [-0.3, -0.25) is 9.69 Å². The zero-order valence-corrected chi connectivity index (χ0v) is 22.0. The molecule has 3 aromatic rings. The number of rotatable bonds is 4. The first kappa shape index (κ1) is 24.8. The van der Waals surface area contributed by atoms with Crippen molar-refractivity contribution in [1.82, 2.24) is 4.57 Å². The molecule has 0 bridgehead atoms. The molecule has 5 nitrogen and oxygen atoms in total. The van der Waals surface area contributed by atoms with Gasteiger partial charge >= 0.3 is 5.97 Å². The maximum absolute atomic E-state index is 13.7. The summed E-state index contributed by atoms with van der Waals surface area (Å²) in [6, 6.07) is 13.2. The van der Waals surface area contributed by atoms with Crippen molar-refractivity contribution >= 4 is 46.8 Å². The smallest absolute Gasteiger partial charge is 0.340 e. The Balaban J connectivity index is 1.88. The molecule has 0 aliphatic carbocycles. The maximum Gasteiger partial charge on any atom is 0.340 e. The van der Waals surface area contributed by atoms with Crippen molar-refractivity contribution in [1.29, 1.82) is 0 Å². The molecule has 2 aromatic carbocycles. The molecular weight excluding hydrogens is 483 g/mol. The van der Waals surface area contributed by atoms with E-state index in [1.807, 2.05) is 19.9 Å². The number of carbonyl (C=O) groups excluding carboxylic acids is 2. The number of methoxy groups -OCH3 is 1. The van der Waals surface area contributed by atoms with E-state index in [-0.39, 0.29) is 17.1 Å². The molecule has 0 saturated heterocycles. The van der Waals surface area contributed by atoms with Crippen molar-refractivity contribution < 1.29 is 14.3 Å². The minimum Gasteiger partial charge on any atom is -0.465 e. The lowest BCUT2D eigenvalue weighted by atomic mass is 10.0. The summed E-state index contributed by atoms with van der Waals surface area (Å²) in [6.45, 7) is 9.87. The first-order valence-corrected chi connectivity index (χ1v) is 11.9. The van der Waals surface area contributed by atoms with Crippen molar-refractivity contribution in [3.05, 3.63) is 97.4 Å². The van der Waals surface area contributed by atoms with Gasteiger partial charge in [0.25, 0.3) is 5.91 Å². The Labute approximate surface area is 215 Å². The van der Waals surface area contributed by atoms with E-state index in [1.54, 1.807) is 31.2 Å². The summed E-state index contributed by atoms with van der Waals surface area (Å²) in [6.07, 6.45) is 1.76.